The molecule has 0 bridgehead atoms. The molecule has 1 N–H and O–H groups in total. The maximum absolute atomic E-state index is 12.5. The van der Waals surface area contributed by atoms with Crippen LogP contribution in [0.5, 0.6) is 0 Å². The fourth-order valence-corrected chi connectivity index (χ4v) is 2.59. The van der Waals surface area contributed by atoms with Gasteiger partial charge in [-0.3, -0.25) is 4.79 Å². The van der Waals surface area contributed by atoms with Crippen LogP contribution in [0.15, 0.2) is 47.4 Å². The highest BCUT2D eigenvalue weighted by atomic mass is 35.5. The van der Waals surface area contributed by atoms with Gasteiger partial charge in [-0.25, -0.2) is 4.79 Å². The Morgan fingerprint density at radius 1 is 1.21 bits per heavy atom. The van der Waals surface area contributed by atoms with Gasteiger partial charge in [0.15, 0.2) is 0 Å². The van der Waals surface area contributed by atoms with E-state index < -0.39 is 0 Å². The number of carbonyl (C=O) groups is 1. The van der Waals surface area contributed by atoms with Crippen molar-refractivity contribution in [1.29, 1.82) is 0 Å². The second kappa shape index (κ2) is 7.53. The first-order valence-electron chi connectivity index (χ1n) is 7.76. The van der Waals surface area contributed by atoms with Crippen molar-refractivity contribution in [2.75, 3.05) is 12.4 Å². The van der Waals surface area contributed by atoms with E-state index in [-0.39, 0.29) is 29.2 Å². The molecule has 0 radical (unpaired) electrons. The number of pyridine rings is 1. The van der Waals surface area contributed by atoms with Gasteiger partial charge in [-0.2, -0.15) is 0 Å². The van der Waals surface area contributed by atoms with Crippen LogP contribution in [0.2, 0.25) is 5.02 Å². The third kappa shape index (κ3) is 3.97. The summed E-state index contributed by atoms with van der Waals surface area (Å²) in [5, 5.41) is 3.36. The first-order valence-corrected chi connectivity index (χ1v) is 8.14. The Balaban J connectivity index is 2.10. The lowest BCUT2D eigenvalue weighted by atomic mass is 9.94. The van der Waals surface area contributed by atoms with E-state index in [0.29, 0.717) is 5.02 Å². The van der Waals surface area contributed by atoms with E-state index in [9.17, 15) is 9.59 Å². The molecule has 2 amide bonds. The number of carbonyl (C=O) groups excluding carboxylic acids is 1. The smallest absolute Gasteiger partial charge is 0.321 e. The molecule has 0 spiro atoms. The summed E-state index contributed by atoms with van der Waals surface area (Å²) in [6, 6.07) is 10.6. The predicted molar refractivity (Wildman–Crippen MR) is 97.8 cm³/mol. The molecule has 2 aromatic rings. The van der Waals surface area contributed by atoms with E-state index in [4.69, 9.17) is 11.6 Å². The summed E-state index contributed by atoms with van der Waals surface area (Å²) < 4.78 is 1.43. The molecule has 1 aromatic heterocycles. The van der Waals surface area contributed by atoms with Crippen molar-refractivity contribution < 1.29 is 4.79 Å². The van der Waals surface area contributed by atoms with Crippen molar-refractivity contribution in [3.8, 4) is 0 Å². The van der Waals surface area contributed by atoms with Crippen LogP contribution < -0.4 is 10.9 Å². The SMILES string of the molecule is C[C@H](c1ccc(Cl)cc1)[C@H](C)N(C)C(=O)Nc1cccn(C)c1=O. The Hall–Kier alpha value is -2.27. The maximum atomic E-state index is 12.5. The highest BCUT2D eigenvalue weighted by Gasteiger charge is 2.23. The van der Waals surface area contributed by atoms with Crippen molar-refractivity contribution in [3.63, 3.8) is 0 Å². The predicted octanol–water partition coefficient (Wildman–Crippen LogP) is 3.69. The Morgan fingerprint density at radius 2 is 1.83 bits per heavy atom. The number of hydrogen-bond acceptors (Lipinski definition) is 2. The standard InChI is InChI=1S/C18H22ClN3O2/c1-12(14-7-9-15(19)10-8-14)13(2)22(4)18(24)20-16-6-5-11-21(3)17(16)23/h5-13H,1-4H3,(H,20,24)/t12-,13-/m0/s1. The third-order valence-electron chi connectivity index (χ3n) is 4.42. The topological polar surface area (TPSA) is 54.3 Å². The molecular formula is C18H22ClN3O2. The van der Waals surface area contributed by atoms with E-state index in [0.717, 1.165) is 5.56 Å². The van der Waals surface area contributed by atoms with Crippen molar-refractivity contribution in [2.24, 2.45) is 7.05 Å². The molecule has 0 fully saturated rings. The lowest BCUT2D eigenvalue weighted by molar-refractivity contribution is 0.201. The third-order valence-corrected chi connectivity index (χ3v) is 4.67. The molecule has 0 saturated carbocycles. The fourth-order valence-electron chi connectivity index (χ4n) is 2.46. The zero-order chi connectivity index (χ0) is 17.9. The van der Waals surface area contributed by atoms with Gasteiger partial charge in [0.2, 0.25) is 0 Å². The molecule has 2 atom stereocenters. The molecule has 1 heterocycles. The Labute approximate surface area is 146 Å². The van der Waals surface area contributed by atoms with Crippen LogP contribution in [0.4, 0.5) is 10.5 Å². The molecule has 2 rings (SSSR count). The van der Waals surface area contributed by atoms with Crippen molar-refractivity contribution in [2.45, 2.75) is 25.8 Å². The molecule has 6 heteroatoms. The maximum Gasteiger partial charge on any atom is 0.321 e. The van der Waals surface area contributed by atoms with Gasteiger partial charge in [0.05, 0.1) is 0 Å². The number of anilines is 1. The van der Waals surface area contributed by atoms with E-state index in [1.54, 1.807) is 37.3 Å². The van der Waals surface area contributed by atoms with Gasteiger partial charge in [0.25, 0.3) is 5.56 Å². The quantitative estimate of drug-likeness (QED) is 0.916. The number of urea groups is 1. The molecular weight excluding hydrogens is 326 g/mol. The minimum absolute atomic E-state index is 0.0567. The van der Waals surface area contributed by atoms with Crippen LogP contribution in [0.3, 0.4) is 0 Å². The number of halogens is 1. The fraction of sp³-hybridized carbons (Fsp3) is 0.333. The van der Waals surface area contributed by atoms with Gasteiger partial charge >= 0.3 is 6.03 Å². The van der Waals surface area contributed by atoms with Gasteiger partial charge < -0.3 is 14.8 Å². The minimum atomic E-state index is -0.313. The second-order valence-electron chi connectivity index (χ2n) is 5.96. The van der Waals surface area contributed by atoms with Crippen LogP contribution in [0.25, 0.3) is 0 Å². The van der Waals surface area contributed by atoms with Crippen LogP contribution >= 0.6 is 11.6 Å². The summed E-state index contributed by atoms with van der Waals surface area (Å²) >= 11 is 5.92. The molecule has 5 nitrogen and oxygen atoms in total. The summed E-state index contributed by atoms with van der Waals surface area (Å²) in [4.78, 5) is 26.1. The average Bonchev–Trinajstić information content (AvgIpc) is 2.57. The zero-order valence-electron chi connectivity index (χ0n) is 14.3. The minimum Gasteiger partial charge on any atom is -0.324 e. The zero-order valence-corrected chi connectivity index (χ0v) is 15.0. The van der Waals surface area contributed by atoms with Gasteiger partial charge in [0.1, 0.15) is 5.69 Å². The van der Waals surface area contributed by atoms with Crippen molar-refractivity contribution >= 4 is 23.3 Å². The summed E-state index contributed by atoms with van der Waals surface area (Å²) in [5.74, 6) is 0.122. The lowest BCUT2D eigenvalue weighted by Gasteiger charge is -2.30. The number of nitrogens with zero attached hydrogens (tertiary/aromatic N) is 2. The monoisotopic (exact) mass is 347 g/mol. The van der Waals surface area contributed by atoms with Crippen LogP contribution in [0.1, 0.15) is 25.3 Å². The largest absolute Gasteiger partial charge is 0.324 e. The first-order chi connectivity index (χ1) is 11.3. The molecule has 0 aliphatic rings. The van der Waals surface area contributed by atoms with E-state index in [2.05, 4.69) is 12.2 Å². The molecule has 24 heavy (non-hydrogen) atoms. The number of likely N-dealkylation sites (N-methyl/N-ethyl adjacent to an activating group) is 1. The number of rotatable bonds is 4. The number of nitrogens with one attached hydrogen (secondary N) is 1. The Morgan fingerprint density at radius 3 is 2.46 bits per heavy atom. The Bertz CT molecular complexity index is 771. The summed E-state index contributed by atoms with van der Waals surface area (Å²) in [7, 11) is 3.37. The van der Waals surface area contributed by atoms with Gasteiger partial charge in [-0.1, -0.05) is 30.7 Å². The number of aryl methyl sites for hydroxylation is 1. The van der Waals surface area contributed by atoms with Crippen LogP contribution in [-0.4, -0.2) is 28.6 Å². The lowest BCUT2D eigenvalue weighted by Crippen LogP contribution is -2.41. The molecule has 1 aromatic carbocycles. The molecule has 0 aliphatic carbocycles. The number of amides is 2. The summed E-state index contributed by atoms with van der Waals surface area (Å²) in [5.41, 5.74) is 1.13. The normalized spacial score (nSPS) is 13.2. The van der Waals surface area contributed by atoms with Crippen LogP contribution in [0, 0.1) is 0 Å². The van der Waals surface area contributed by atoms with Crippen LogP contribution in [-0.2, 0) is 7.05 Å². The van der Waals surface area contributed by atoms with Crippen molar-refractivity contribution in [1.82, 2.24) is 9.47 Å². The van der Waals surface area contributed by atoms with Gasteiger partial charge in [0, 0.05) is 37.3 Å². The molecule has 0 unspecified atom stereocenters. The molecule has 0 aliphatic heterocycles. The molecule has 0 saturated heterocycles. The van der Waals surface area contributed by atoms with E-state index >= 15 is 0 Å². The second-order valence-corrected chi connectivity index (χ2v) is 6.40. The number of benzene rings is 1. The van der Waals surface area contributed by atoms with Gasteiger partial charge in [-0.05, 0) is 36.8 Å². The van der Waals surface area contributed by atoms with Crippen molar-refractivity contribution in [3.05, 3.63) is 63.5 Å². The molecule has 128 valence electrons. The average molecular weight is 348 g/mol. The van der Waals surface area contributed by atoms with E-state index in [1.165, 1.54) is 4.57 Å². The number of aromatic nitrogens is 1. The highest BCUT2D eigenvalue weighted by molar-refractivity contribution is 6.30. The summed E-state index contributed by atoms with van der Waals surface area (Å²) in [6.45, 7) is 4.03. The van der Waals surface area contributed by atoms with Gasteiger partial charge in [-0.15, -0.1) is 0 Å². The Kier molecular flexibility index (Phi) is 5.67. The van der Waals surface area contributed by atoms with E-state index in [1.807, 2.05) is 31.2 Å². The summed E-state index contributed by atoms with van der Waals surface area (Å²) in [6.07, 6.45) is 1.65. The number of hydrogen-bond donors (Lipinski definition) is 1. The highest BCUT2D eigenvalue weighted by Crippen LogP contribution is 2.24. The first kappa shape index (κ1) is 18.1.